The Hall–Kier alpha value is -3.22. The Labute approximate surface area is 202 Å². The zero-order valence-corrected chi connectivity index (χ0v) is 20.1. The molecule has 1 fully saturated rings. The number of rotatable bonds is 7. The van der Waals surface area contributed by atoms with E-state index in [1.165, 1.54) is 42.4 Å². The summed E-state index contributed by atoms with van der Waals surface area (Å²) in [5.74, 6) is -0.480. The number of aliphatic hydroxyl groups is 1. The van der Waals surface area contributed by atoms with Crippen molar-refractivity contribution >= 4 is 11.7 Å². The summed E-state index contributed by atoms with van der Waals surface area (Å²) in [5, 5.41) is 8.96. The molecule has 1 heterocycles. The van der Waals surface area contributed by atoms with E-state index in [-0.39, 0.29) is 18.0 Å². The van der Waals surface area contributed by atoms with Gasteiger partial charge in [0.05, 0.1) is 24.9 Å². The van der Waals surface area contributed by atoms with Crippen molar-refractivity contribution in [1.82, 2.24) is 4.98 Å². The molecule has 1 aromatic heterocycles. The number of nitrogens with zero attached hydrogens (tertiary/aromatic N) is 1. The van der Waals surface area contributed by atoms with E-state index in [4.69, 9.17) is 21.3 Å². The van der Waals surface area contributed by atoms with E-state index in [2.05, 4.69) is 37.0 Å². The van der Waals surface area contributed by atoms with Crippen molar-refractivity contribution in [3.8, 4) is 11.1 Å². The molecule has 0 aliphatic heterocycles. The first kappa shape index (κ1) is 25.4. The second-order valence-corrected chi connectivity index (χ2v) is 8.71. The van der Waals surface area contributed by atoms with E-state index in [9.17, 15) is 4.79 Å². The number of aromatic nitrogens is 1. The molecule has 1 aliphatic carbocycles. The maximum atomic E-state index is 11.2. The molecule has 0 saturated heterocycles. The first-order valence-corrected chi connectivity index (χ1v) is 11.9. The molecular weight excluding hydrogens is 426 g/mol. The van der Waals surface area contributed by atoms with Crippen molar-refractivity contribution in [2.75, 3.05) is 5.73 Å². The number of aliphatic hydroxyl groups excluding tert-OH is 1. The van der Waals surface area contributed by atoms with Gasteiger partial charge in [-0.3, -0.25) is 4.79 Å². The minimum Gasteiger partial charge on any atom is -0.392 e. The molecule has 0 unspecified atom stereocenters. The quantitative estimate of drug-likeness (QED) is 0.461. The third-order valence-corrected chi connectivity index (χ3v) is 6.24. The Bertz CT molecular complexity index is 1090. The first-order valence-electron chi connectivity index (χ1n) is 11.9. The number of benzene rings is 2. The highest BCUT2D eigenvalue weighted by molar-refractivity contribution is 5.98. The topological polar surface area (TPSA) is 111 Å². The highest BCUT2D eigenvalue weighted by Crippen LogP contribution is 2.23. The average Bonchev–Trinajstić information content (AvgIpc) is 3.38. The van der Waals surface area contributed by atoms with E-state index in [0.29, 0.717) is 6.10 Å². The second kappa shape index (κ2) is 12.3. The molecule has 0 radical (unpaired) electrons. The molecule has 1 amide bonds. The van der Waals surface area contributed by atoms with Crippen molar-refractivity contribution in [3.05, 3.63) is 82.5 Å². The van der Waals surface area contributed by atoms with Gasteiger partial charge in [-0.25, -0.2) is 4.98 Å². The summed E-state index contributed by atoms with van der Waals surface area (Å²) in [6.45, 7) is 5.18. The van der Waals surface area contributed by atoms with E-state index in [0.717, 1.165) is 29.7 Å². The first-order chi connectivity index (χ1) is 16.4. The highest BCUT2D eigenvalue weighted by Gasteiger charge is 2.15. The smallest absolute Gasteiger partial charge is 0.252 e. The van der Waals surface area contributed by atoms with Gasteiger partial charge in [0.15, 0.2) is 0 Å². The van der Waals surface area contributed by atoms with Gasteiger partial charge >= 0.3 is 0 Å². The summed E-state index contributed by atoms with van der Waals surface area (Å²) in [5.41, 5.74) is 17.6. The average molecular weight is 462 g/mol. The van der Waals surface area contributed by atoms with Crippen LogP contribution < -0.4 is 11.5 Å². The van der Waals surface area contributed by atoms with Crippen LogP contribution in [-0.2, 0) is 24.4 Å². The number of ether oxygens (including phenoxy) is 1. The number of hydrogen-bond donors (Lipinski definition) is 3. The maximum absolute atomic E-state index is 11.2. The number of hydrogen-bond acceptors (Lipinski definition) is 5. The number of amides is 1. The van der Waals surface area contributed by atoms with Crippen molar-refractivity contribution in [2.45, 2.75) is 65.3 Å². The number of nitrogens with two attached hydrogens (primary N) is 2. The van der Waals surface area contributed by atoms with Crippen LogP contribution >= 0.6 is 0 Å². The number of primary amides is 1. The molecule has 6 heteroatoms. The summed E-state index contributed by atoms with van der Waals surface area (Å²) < 4.78 is 5.93. The van der Waals surface area contributed by atoms with Gasteiger partial charge in [0, 0.05) is 11.8 Å². The molecule has 2 aromatic carbocycles. The number of pyridine rings is 1. The summed E-state index contributed by atoms with van der Waals surface area (Å²) in [4.78, 5) is 15.1. The Morgan fingerprint density at radius 3 is 2.35 bits per heavy atom. The van der Waals surface area contributed by atoms with E-state index in [1.54, 1.807) is 24.4 Å². The van der Waals surface area contributed by atoms with Gasteiger partial charge in [0.2, 0.25) is 0 Å². The van der Waals surface area contributed by atoms with Crippen molar-refractivity contribution < 1.29 is 14.6 Å². The zero-order chi connectivity index (χ0) is 24.5. The fraction of sp³-hybridized carbons (Fsp3) is 0.357. The van der Waals surface area contributed by atoms with Crippen molar-refractivity contribution in [3.63, 3.8) is 0 Å². The molecule has 4 rings (SSSR count). The number of anilines is 1. The summed E-state index contributed by atoms with van der Waals surface area (Å²) in [6, 6.07) is 15.6. The van der Waals surface area contributed by atoms with Crippen LogP contribution in [0.1, 0.15) is 65.2 Å². The van der Waals surface area contributed by atoms with Crippen molar-refractivity contribution in [2.24, 2.45) is 5.73 Å². The predicted molar refractivity (Wildman–Crippen MR) is 136 cm³/mol. The molecule has 0 bridgehead atoms. The SMILES string of the molecule is CCc1cc(COC2CCCC2)ccc1C.NC(=O)c1cc(-c2ccc(CO)cc2)cnc1N. The maximum Gasteiger partial charge on any atom is 0.252 e. The molecule has 0 spiro atoms. The molecule has 5 N–H and O–H groups in total. The van der Waals surface area contributed by atoms with Gasteiger partial charge in [0.25, 0.3) is 5.91 Å². The molecule has 34 heavy (non-hydrogen) atoms. The van der Waals surface area contributed by atoms with Crippen LogP contribution in [-0.4, -0.2) is 22.1 Å². The van der Waals surface area contributed by atoms with Crippen LogP contribution in [0.2, 0.25) is 0 Å². The van der Waals surface area contributed by atoms with Gasteiger partial charge in [0.1, 0.15) is 5.82 Å². The van der Waals surface area contributed by atoms with Crippen LogP contribution in [0.25, 0.3) is 11.1 Å². The summed E-state index contributed by atoms with van der Waals surface area (Å²) in [6.07, 6.45) is 8.42. The van der Waals surface area contributed by atoms with Gasteiger partial charge in [-0.15, -0.1) is 0 Å². The lowest BCUT2D eigenvalue weighted by Crippen LogP contribution is -2.14. The lowest BCUT2D eigenvalue weighted by atomic mass is 10.0. The Morgan fingerprint density at radius 2 is 1.74 bits per heavy atom. The third-order valence-electron chi connectivity index (χ3n) is 6.24. The monoisotopic (exact) mass is 461 g/mol. The number of nitrogen functional groups attached to an aromatic ring is 1. The van der Waals surface area contributed by atoms with Gasteiger partial charge in [-0.2, -0.15) is 0 Å². The molecule has 180 valence electrons. The fourth-order valence-corrected chi connectivity index (χ4v) is 4.10. The van der Waals surface area contributed by atoms with Gasteiger partial charge < -0.3 is 21.3 Å². The molecule has 1 saturated carbocycles. The Kier molecular flexibility index (Phi) is 9.19. The molecule has 0 atom stereocenters. The van der Waals surface area contributed by atoms with E-state index in [1.807, 2.05) is 12.1 Å². The van der Waals surface area contributed by atoms with Crippen LogP contribution in [0.15, 0.2) is 54.7 Å². The molecule has 6 nitrogen and oxygen atoms in total. The van der Waals surface area contributed by atoms with Crippen LogP contribution in [0.4, 0.5) is 5.82 Å². The zero-order valence-electron chi connectivity index (χ0n) is 20.1. The second-order valence-electron chi connectivity index (χ2n) is 8.71. The van der Waals surface area contributed by atoms with Crippen LogP contribution in [0, 0.1) is 6.92 Å². The van der Waals surface area contributed by atoms with Crippen LogP contribution in [0.5, 0.6) is 0 Å². The lowest BCUT2D eigenvalue weighted by molar-refractivity contribution is 0.0456. The third kappa shape index (κ3) is 6.89. The minimum atomic E-state index is -0.603. The predicted octanol–water partition coefficient (Wildman–Crippen LogP) is 4.94. The fourth-order valence-electron chi connectivity index (χ4n) is 4.10. The summed E-state index contributed by atoms with van der Waals surface area (Å²) >= 11 is 0. The van der Waals surface area contributed by atoms with E-state index < -0.39 is 5.91 Å². The standard InChI is InChI=1S/C15H22O.C13H13N3O2/c1-3-14-10-13(9-8-12(14)2)11-16-15-6-4-5-7-15;14-12-11(13(15)18)5-10(6-16-12)9-3-1-8(7-17)2-4-9/h8-10,15H,3-7,11H2,1-2H3;1-6,17H,7H2,(H2,14,16)(H2,15,18). The van der Waals surface area contributed by atoms with Gasteiger partial charge in [-0.05, 0) is 60.1 Å². The van der Waals surface area contributed by atoms with Crippen molar-refractivity contribution in [1.29, 1.82) is 0 Å². The Balaban J connectivity index is 0.000000192. The largest absolute Gasteiger partial charge is 0.392 e. The minimum absolute atomic E-state index is 0.00714. The highest BCUT2D eigenvalue weighted by atomic mass is 16.5. The normalized spacial score (nSPS) is 13.4. The molecule has 1 aliphatic rings. The van der Waals surface area contributed by atoms with Gasteiger partial charge in [-0.1, -0.05) is 62.2 Å². The van der Waals surface area contributed by atoms with E-state index >= 15 is 0 Å². The number of aryl methyl sites for hydroxylation is 2. The molecular formula is C28H35N3O3. The number of carbonyl (C=O) groups excluding carboxylic acids is 1. The summed E-state index contributed by atoms with van der Waals surface area (Å²) in [7, 11) is 0. The number of carbonyl (C=O) groups is 1. The molecule has 3 aromatic rings. The Morgan fingerprint density at radius 1 is 1.06 bits per heavy atom. The lowest BCUT2D eigenvalue weighted by Gasteiger charge is -2.12. The van der Waals surface area contributed by atoms with Crippen LogP contribution in [0.3, 0.4) is 0 Å².